The zero-order valence-corrected chi connectivity index (χ0v) is 13.8. The van der Waals surface area contributed by atoms with Crippen LogP contribution >= 0.6 is 11.6 Å². The van der Waals surface area contributed by atoms with Crippen LogP contribution in [0.1, 0.15) is 43.7 Å². The van der Waals surface area contributed by atoms with Crippen molar-refractivity contribution in [2.24, 2.45) is 11.8 Å². The molecule has 0 aliphatic heterocycles. The average molecular weight is 307 g/mol. The molecule has 0 heterocycles. The van der Waals surface area contributed by atoms with Gasteiger partial charge in [-0.05, 0) is 75.2 Å². The van der Waals surface area contributed by atoms with E-state index in [1.54, 1.807) is 0 Å². The Balaban J connectivity index is 1.54. The molecule has 3 heteroatoms. The molecule has 2 nitrogen and oxygen atoms in total. The number of halogens is 1. The first-order valence-electron chi connectivity index (χ1n) is 8.39. The van der Waals surface area contributed by atoms with E-state index in [1.165, 1.54) is 50.9 Å². The van der Waals surface area contributed by atoms with Crippen LogP contribution in [0.3, 0.4) is 0 Å². The normalized spacial score (nSPS) is 20.0. The topological polar surface area (TPSA) is 15.3 Å². The Bertz CT molecular complexity index is 440. The molecule has 2 aliphatic rings. The second kappa shape index (κ2) is 7.13. The second-order valence-electron chi connectivity index (χ2n) is 6.83. The van der Waals surface area contributed by atoms with Crippen LogP contribution < -0.4 is 5.32 Å². The van der Waals surface area contributed by atoms with E-state index in [0.29, 0.717) is 6.04 Å². The highest BCUT2D eigenvalue weighted by molar-refractivity contribution is 6.30. The summed E-state index contributed by atoms with van der Waals surface area (Å²) in [5.41, 5.74) is 1.31. The van der Waals surface area contributed by atoms with E-state index < -0.39 is 0 Å². The molecule has 2 aliphatic carbocycles. The van der Waals surface area contributed by atoms with Crippen molar-refractivity contribution >= 4 is 11.6 Å². The summed E-state index contributed by atoms with van der Waals surface area (Å²) in [4.78, 5) is 2.71. The van der Waals surface area contributed by atoms with Crippen LogP contribution in [0.25, 0.3) is 0 Å². The van der Waals surface area contributed by atoms with Gasteiger partial charge >= 0.3 is 0 Å². The maximum absolute atomic E-state index is 6.12. The van der Waals surface area contributed by atoms with Gasteiger partial charge in [-0.1, -0.05) is 23.7 Å². The van der Waals surface area contributed by atoms with E-state index in [0.717, 1.165) is 23.3 Å². The van der Waals surface area contributed by atoms with E-state index in [4.69, 9.17) is 11.6 Å². The summed E-state index contributed by atoms with van der Waals surface area (Å²) in [7, 11) is 2.05. The van der Waals surface area contributed by atoms with Crippen LogP contribution in [-0.2, 0) is 0 Å². The summed E-state index contributed by atoms with van der Waals surface area (Å²) < 4.78 is 0. The van der Waals surface area contributed by atoms with E-state index in [9.17, 15) is 0 Å². The summed E-state index contributed by atoms with van der Waals surface area (Å²) in [5, 5.41) is 4.29. The van der Waals surface area contributed by atoms with Gasteiger partial charge in [0.05, 0.1) is 0 Å². The maximum Gasteiger partial charge on any atom is 0.0409 e. The lowest BCUT2D eigenvalue weighted by molar-refractivity contribution is 0.239. The third-order valence-electron chi connectivity index (χ3n) is 4.76. The Morgan fingerprint density at radius 1 is 1.19 bits per heavy atom. The Kier molecular flexibility index (Phi) is 5.20. The highest BCUT2D eigenvalue weighted by atomic mass is 35.5. The van der Waals surface area contributed by atoms with Crippen LogP contribution in [0.4, 0.5) is 0 Å². The molecule has 21 heavy (non-hydrogen) atoms. The first-order valence-corrected chi connectivity index (χ1v) is 8.77. The Morgan fingerprint density at radius 3 is 2.38 bits per heavy atom. The quantitative estimate of drug-likeness (QED) is 0.738. The number of rotatable bonds is 9. The molecule has 0 bridgehead atoms. The largest absolute Gasteiger partial charge is 0.313 e. The van der Waals surface area contributed by atoms with Crippen LogP contribution in [0.5, 0.6) is 0 Å². The molecule has 2 fully saturated rings. The molecule has 0 radical (unpaired) electrons. The molecular weight excluding hydrogens is 280 g/mol. The van der Waals surface area contributed by atoms with Crippen LogP contribution in [0, 0.1) is 11.8 Å². The minimum atomic E-state index is 0.407. The highest BCUT2D eigenvalue weighted by Crippen LogP contribution is 2.34. The zero-order chi connectivity index (χ0) is 14.7. The monoisotopic (exact) mass is 306 g/mol. The summed E-state index contributed by atoms with van der Waals surface area (Å²) in [5.74, 6) is 1.98. The fourth-order valence-corrected chi connectivity index (χ4v) is 3.30. The molecule has 1 aromatic rings. The molecule has 0 saturated heterocycles. The van der Waals surface area contributed by atoms with E-state index in [-0.39, 0.29) is 0 Å². The van der Waals surface area contributed by atoms with E-state index >= 15 is 0 Å². The van der Waals surface area contributed by atoms with Gasteiger partial charge in [-0.3, -0.25) is 0 Å². The Hall–Kier alpha value is -0.570. The smallest absolute Gasteiger partial charge is 0.0409 e. The fraction of sp³-hybridized carbons (Fsp3) is 0.667. The third kappa shape index (κ3) is 4.98. The van der Waals surface area contributed by atoms with Gasteiger partial charge in [-0.2, -0.15) is 0 Å². The van der Waals surface area contributed by atoms with Gasteiger partial charge in [-0.15, -0.1) is 0 Å². The van der Waals surface area contributed by atoms with Crippen molar-refractivity contribution in [1.82, 2.24) is 10.2 Å². The summed E-state index contributed by atoms with van der Waals surface area (Å²) >= 11 is 6.12. The maximum atomic E-state index is 6.12. The van der Waals surface area contributed by atoms with E-state index in [2.05, 4.69) is 29.4 Å². The van der Waals surface area contributed by atoms with Crippen molar-refractivity contribution in [3.8, 4) is 0 Å². The van der Waals surface area contributed by atoms with Gasteiger partial charge < -0.3 is 10.2 Å². The van der Waals surface area contributed by atoms with Gasteiger partial charge in [0.1, 0.15) is 0 Å². The summed E-state index contributed by atoms with van der Waals surface area (Å²) in [6.07, 6.45) is 6.96. The highest BCUT2D eigenvalue weighted by Gasteiger charge is 2.29. The molecule has 1 aromatic carbocycles. The number of nitrogens with zero attached hydrogens (tertiary/aromatic N) is 1. The molecule has 3 rings (SSSR count). The Morgan fingerprint density at radius 2 is 1.86 bits per heavy atom. The van der Waals surface area contributed by atoms with Crippen molar-refractivity contribution in [2.45, 2.75) is 38.1 Å². The lowest BCUT2D eigenvalue weighted by Gasteiger charge is -2.25. The molecular formula is C18H27ClN2. The molecule has 1 atom stereocenters. The van der Waals surface area contributed by atoms with Crippen LogP contribution in [0.15, 0.2) is 24.3 Å². The molecule has 0 spiro atoms. The van der Waals surface area contributed by atoms with E-state index in [1.807, 2.05) is 12.1 Å². The standard InChI is InChI=1S/C18H27ClN2/c1-20-18(16-3-2-4-17(19)11-16)9-10-21(12-14-5-6-14)13-15-7-8-15/h2-4,11,14-15,18,20H,5-10,12-13H2,1H3. The van der Waals surface area contributed by atoms with Crippen molar-refractivity contribution in [3.63, 3.8) is 0 Å². The number of benzene rings is 1. The first-order chi connectivity index (χ1) is 10.2. The zero-order valence-electron chi connectivity index (χ0n) is 13.0. The molecule has 1 N–H and O–H groups in total. The first kappa shape index (κ1) is 15.3. The van der Waals surface area contributed by atoms with Crippen molar-refractivity contribution < 1.29 is 0 Å². The van der Waals surface area contributed by atoms with Crippen LogP contribution in [0.2, 0.25) is 5.02 Å². The number of nitrogens with one attached hydrogen (secondary N) is 1. The minimum Gasteiger partial charge on any atom is -0.313 e. The molecule has 0 amide bonds. The fourth-order valence-electron chi connectivity index (χ4n) is 3.10. The Labute approximate surface area is 133 Å². The molecule has 116 valence electrons. The van der Waals surface area contributed by atoms with Crippen molar-refractivity contribution in [1.29, 1.82) is 0 Å². The van der Waals surface area contributed by atoms with Gasteiger partial charge in [0.15, 0.2) is 0 Å². The van der Waals surface area contributed by atoms with Gasteiger partial charge in [-0.25, -0.2) is 0 Å². The molecule has 1 unspecified atom stereocenters. The predicted molar refractivity (Wildman–Crippen MR) is 89.8 cm³/mol. The molecule has 0 aromatic heterocycles. The summed E-state index contributed by atoms with van der Waals surface area (Å²) in [6.45, 7) is 3.84. The SMILES string of the molecule is CNC(CCN(CC1CC1)CC1CC1)c1cccc(Cl)c1. The third-order valence-corrected chi connectivity index (χ3v) is 5.00. The lowest BCUT2D eigenvalue weighted by atomic mass is 10.0. The second-order valence-corrected chi connectivity index (χ2v) is 7.27. The number of hydrogen-bond donors (Lipinski definition) is 1. The van der Waals surface area contributed by atoms with Crippen LogP contribution in [-0.4, -0.2) is 31.6 Å². The average Bonchev–Trinajstić information content (AvgIpc) is 3.35. The molecule has 2 saturated carbocycles. The van der Waals surface area contributed by atoms with Crippen molar-refractivity contribution in [2.75, 3.05) is 26.7 Å². The lowest BCUT2D eigenvalue weighted by Crippen LogP contribution is -2.32. The predicted octanol–water partition coefficient (Wildman–Crippen LogP) is 4.11. The van der Waals surface area contributed by atoms with Crippen molar-refractivity contribution in [3.05, 3.63) is 34.9 Å². The summed E-state index contributed by atoms with van der Waals surface area (Å²) in [6, 6.07) is 8.68. The number of hydrogen-bond acceptors (Lipinski definition) is 2. The van der Waals surface area contributed by atoms with Gasteiger partial charge in [0.2, 0.25) is 0 Å². The van der Waals surface area contributed by atoms with Gasteiger partial charge in [0, 0.05) is 24.2 Å². The van der Waals surface area contributed by atoms with Gasteiger partial charge in [0.25, 0.3) is 0 Å². The minimum absolute atomic E-state index is 0.407.